The van der Waals surface area contributed by atoms with Crippen molar-refractivity contribution in [3.05, 3.63) is 118 Å². The Morgan fingerprint density at radius 2 is 1.83 bits per heavy atom. The van der Waals surface area contributed by atoms with Crippen LogP contribution in [0.5, 0.6) is 11.5 Å². The fourth-order valence-corrected chi connectivity index (χ4v) is 9.20. The second-order valence-electron chi connectivity index (χ2n) is 15.8. The van der Waals surface area contributed by atoms with Crippen LogP contribution in [0.3, 0.4) is 0 Å². The first-order valence-electron chi connectivity index (χ1n) is 19.6. The number of phenols is 1. The molecule has 1 saturated heterocycles. The van der Waals surface area contributed by atoms with E-state index in [1.165, 1.54) is 11.1 Å². The third-order valence-corrected chi connectivity index (χ3v) is 12.3. The number of rotatable bonds is 2. The summed E-state index contributed by atoms with van der Waals surface area (Å²) in [6, 6.07) is 19.1. The molecule has 5 atom stereocenters. The molecule has 8 nitrogen and oxygen atoms in total. The molecule has 1 aromatic heterocycles. The molecule has 5 unspecified atom stereocenters. The second kappa shape index (κ2) is 14.5. The van der Waals surface area contributed by atoms with Crippen molar-refractivity contribution in [3.63, 3.8) is 0 Å². The van der Waals surface area contributed by atoms with Crippen molar-refractivity contribution in [2.75, 3.05) is 19.8 Å². The lowest BCUT2D eigenvalue weighted by Gasteiger charge is -2.39. The van der Waals surface area contributed by atoms with Crippen molar-refractivity contribution in [1.29, 1.82) is 0 Å². The number of nitrogens with zero attached hydrogens (tertiary/aromatic N) is 1. The van der Waals surface area contributed by atoms with Gasteiger partial charge in [0.2, 0.25) is 0 Å². The van der Waals surface area contributed by atoms with Gasteiger partial charge in [0.05, 0.1) is 25.0 Å². The van der Waals surface area contributed by atoms with Gasteiger partial charge in [0.15, 0.2) is 11.5 Å². The van der Waals surface area contributed by atoms with E-state index in [2.05, 4.69) is 89.6 Å². The van der Waals surface area contributed by atoms with Crippen molar-refractivity contribution in [2.24, 2.45) is 17.6 Å². The van der Waals surface area contributed by atoms with Crippen LogP contribution in [-0.4, -0.2) is 53.0 Å². The maximum atomic E-state index is 11.7. The molecule has 5 N–H and O–H groups in total. The van der Waals surface area contributed by atoms with Gasteiger partial charge in [-0.25, -0.2) is 0 Å². The molecule has 5 aliphatic heterocycles. The van der Waals surface area contributed by atoms with Crippen LogP contribution < -0.4 is 15.8 Å². The Morgan fingerprint density at radius 3 is 2.69 bits per heavy atom. The summed E-state index contributed by atoms with van der Waals surface area (Å²) in [5, 5.41) is 28.6. The summed E-state index contributed by atoms with van der Waals surface area (Å²) >= 11 is 0. The first-order valence-corrected chi connectivity index (χ1v) is 19.6. The van der Waals surface area contributed by atoms with Gasteiger partial charge in [-0.1, -0.05) is 73.4 Å². The van der Waals surface area contributed by atoms with Gasteiger partial charge in [-0.2, -0.15) is 0 Å². The van der Waals surface area contributed by atoms with Crippen molar-refractivity contribution >= 4 is 22.7 Å². The smallest absolute Gasteiger partial charge is 0.168 e. The van der Waals surface area contributed by atoms with E-state index < -0.39 is 12.3 Å². The number of aromatic hydroxyl groups is 1. The third kappa shape index (κ3) is 6.54. The predicted octanol–water partition coefficient (Wildman–Crippen LogP) is 7.16. The minimum absolute atomic E-state index is 0.0846. The molecule has 8 bridgehead atoms. The zero-order valence-corrected chi connectivity index (χ0v) is 30.9. The fourth-order valence-electron chi connectivity index (χ4n) is 9.20. The number of benzene rings is 3. The van der Waals surface area contributed by atoms with Crippen LogP contribution in [0.25, 0.3) is 22.7 Å². The van der Waals surface area contributed by atoms with Gasteiger partial charge in [-0.3, -0.25) is 0 Å². The lowest BCUT2D eigenvalue weighted by Crippen LogP contribution is -2.40. The SMILES string of the molecule is CC1C#CC2=CC(N)NC3=C2COC(CCC1)CC(O)C1C=Cc2c(ccc(O)c2OCc2cc(C4(c5ccccc5)CCOCC4)cc4cn3cc24)C1. The molecule has 0 saturated carbocycles. The summed E-state index contributed by atoms with van der Waals surface area (Å²) in [4.78, 5) is 0. The minimum atomic E-state index is -0.596. The highest BCUT2D eigenvalue weighted by molar-refractivity contribution is 5.88. The van der Waals surface area contributed by atoms with Crippen molar-refractivity contribution in [3.8, 4) is 23.3 Å². The van der Waals surface area contributed by atoms with Gasteiger partial charge in [0.1, 0.15) is 12.4 Å². The van der Waals surface area contributed by atoms with Crippen molar-refractivity contribution in [2.45, 2.75) is 82.3 Å². The summed E-state index contributed by atoms with van der Waals surface area (Å²) in [7, 11) is 0. The van der Waals surface area contributed by atoms with E-state index in [9.17, 15) is 10.2 Å². The third-order valence-electron chi connectivity index (χ3n) is 12.3. The molecule has 1 aliphatic carbocycles. The van der Waals surface area contributed by atoms with Gasteiger partial charge in [0.25, 0.3) is 0 Å². The first-order chi connectivity index (χ1) is 26.3. The summed E-state index contributed by atoms with van der Waals surface area (Å²) in [5.41, 5.74) is 13.7. The maximum Gasteiger partial charge on any atom is 0.168 e. The number of phenolic OH excluding ortho intramolecular Hbond substituents is 1. The molecule has 0 radical (unpaired) electrons. The molecule has 0 amide bonds. The van der Waals surface area contributed by atoms with Gasteiger partial charge < -0.3 is 40.0 Å². The maximum absolute atomic E-state index is 11.7. The first kappa shape index (κ1) is 35.0. The van der Waals surface area contributed by atoms with E-state index in [4.69, 9.17) is 19.9 Å². The van der Waals surface area contributed by atoms with Crippen molar-refractivity contribution in [1.82, 2.24) is 9.88 Å². The van der Waals surface area contributed by atoms with Crippen LogP contribution in [0.15, 0.2) is 90.3 Å². The Labute approximate surface area is 317 Å². The Bertz CT molecular complexity index is 2220. The zero-order valence-electron chi connectivity index (χ0n) is 30.9. The molecular weight excluding hydrogens is 675 g/mol. The van der Waals surface area contributed by atoms with E-state index in [0.717, 1.165) is 76.5 Å². The average Bonchev–Trinajstić information content (AvgIpc) is 3.62. The molecule has 1 fully saturated rings. The lowest BCUT2D eigenvalue weighted by molar-refractivity contribution is 0.00693. The summed E-state index contributed by atoms with van der Waals surface area (Å²) < 4.78 is 21.5. The number of fused-ring (bicyclic) bond motifs is 2. The number of dihydropyridines is 1. The summed E-state index contributed by atoms with van der Waals surface area (Å²) in [6.45, 7) is 4.12. The number of nitrogens with two attached hydrogens (primary N) is 1. The largest absolute Gasteiger partial charge is 0.504 e. The predicted molar refractivity (Wildman–Crippen MR) is 211 cm³/mol. The second-order valence-corrected chi connectivity index (χ2v) is 15.8. The molecule has 6 heterocycles. The molecule has 4 aromatic rings. The van der Waals surface area contributed by atoms with E-state index >= 15 is 0 Å². The van der Waals surface area contributed by atoms with Crippen LogP contribution in [0.4, 0.5) is 0 Å². The van der Waals surface area contributed by atoms with Gasteiger partial charge >= 0.3 is 0 Å². The van der Waals surface area contributed by atoms with Crippen LogP contribution in [0.1, 0.15) is 73.3 Å². The highest BCUT2D eigenvalue weighted by atomic mass is 16.5. The minimum Gasteiger partial charge on any atom is -0.504 e. The number of ether oxygens (including phenoxy) is 3. The molecule has 8 heteroatoms. The molecule has 278 valence electrons. The number of aliphatic hydroxyl groups excluding tert-OH is 1. The summed E-state index contributed by atoms with van der Waals surface area (Å²) in [5.74, 6) is 8.53. The Hall–Kier alpha value is -4.78. The Balaban J connectivity index is 1.25. The van der Waals surface area contributed by atoms with Crippen LogP contribution >= 0.6 is 0 Å². The Morgan fingerprint density at radius 1 is 0.981 bits per heavy atom. The normalized spacial score (nSPS) is 26.5. The molecule has 10 rings (SSSR count). The Kier molecular flexibility index (Phi) is 9.36. The van der Waals surface area contributed by atoms with E-state index in [1.54, 1.807) is 6.07 Å². The number of aliphatic hydroxyl groups is 1. The van der Waals surface area contributed by atoms with Crippen LogP contribution in [0.2, 0.25) is 0 Å². The number of hydrogen-bond acceptors (Lipinski definition) is 7. The zero-order chi connectivity index (χ0) is 36.8. The fraction of sp³-hybridized carbons (Fsp3) is 0.391. The topological polar surface area (TPSA) is 111 Å². The van der Waals surface area contributed by atoms with Crippen LogP contribution in [-0.2, 0) is 27.9 Å². The highest BCUT2D eigenvalue weighted by Gasteiger charge is 2.37. The molecular formula is C46H49N3O5. The number of hydrogen-bond donors (Lipinski definition) is 4. The van der Waals surface area contributed by atoms with E-state index in [0.29, 0.717) is 38.4 Å². The summed E-state index contributed by atoms with van der Waals surface area (Å²) in [6.07, 6.45) is 14.9. The van der Waals surface area contributed by atoms with E-state index in [-0.39, 0.29) is 35.7 Å². The van der Waals surface area contributed by atoms with E-state index in [1.807, 2.05) is 18.2 Å². The molecule has 6 aliphatic rings. The van der Waals surface area contributed by atoms with Crippen LogP contribution in [0, 0.1) is 23.7 Å². The van der Waals surface area contributed by atoms with Gasteiger partial charge in [-0.05, 0) is 79.0 Å². The molecule has 3 aromatic carbocycles. The molecule has 0 spiro atoms. The molecule has 54 heavy (non-hydrogen) atoms. The number of nitrogens with one attached hydrogen (secondary N) is 1. The van der Waals surface area contributed by atoms with Gasteiger partial charge in [-0.15, -0.1) is 0 Å². The van der Waals surface area contributed by atoms with Gasteiger partial charge in [0, 0.05) is 76.8 Å². The average molecular weight is 724 g/mol. The standard InChI is InChI=1S/C46H49N3O5/c1-29-6-5-9-37-24-42(51)32-12-14-38-30(20-32)13-15-41(50)44(38)54-27-34-22-36(46(16-18-52-19-17-46)35-7-3-2-4-8-35)21-33-25-49(26-39(33)34)45-40(28-53-37)31(11-10-29)23-43(47)48-45/h2-4,7-8,12-15,21-23,25-26,29,32,37,42-43,48,50-51H,5-6,9,16-20,24,27-28,47H2,1H3. The highest BCUT2D eigenvalue weighted by Crippen LogP contribution is 2.44. The number of aromatic nitrogens is 1. The quantitative estimate of drug-likeness (QED) is 0.163. The monoisotopic (exact) mass is 723 g/mol. The lowest BCUT2D eigenvalue weighted by atomic mass is 9.68. The van der Waals surface area contributed by atoms with Crippen molar-refractivity contribution < 1.29 is 24.4 Å².